The molecule has 0 bridgehead atoms. The maximum Gasteiger partial charge on any atom is 0.340 e. The molecule has 3 aliphatic rings. The van der Waals surface area contributed by atoms with Gasteiger partial charge in [-0.05, 0) is 30.3 Å². The number of hydrogen-bond donors (Lipinski definition) is 2. The van der Waals surface area contributed by atoms with Crippen molar-refractivity contribution in [1.82, 2.24) is 4.90 Å². The van der Waals surface area contributed by atoms with E-state index in [-0.39, 0.29) is 6.03 Å². The Morgan fingerprint density at radius 3 is 2.48 bits per heavy atom. The standard InChI is InChI=1S/C25H21N3O5/c26-15-5-7-19-21(13-15)32-22-14-16(27-24(30)28-9-11-31-12-10-28)6-8-20(22)25(19)18-4-2-1-3-17(18)23(29)33-25/h1-8,13-14H,9-12,26H2,(H,27,30). The predicted molar refractivity (Wildman–Crippen MR) is 121 cm³/mol. The van der Waals surface area contributed by atoms with Crippen LogP contribution in [-0.4, -0.2) is 43.2 Å². The maximum absolute atomic E-state index is 12.9. The van der Waals surface area contributed by atoms with Crippen LogP contribution in [0.3, 0.4) is 0 Å². The number of carbonyl (C=O) groups is 2. The molecule has 0 saturated carbocycles. The number of nitrogens with zero attached hydrogens (tertiary/aromatic N) is 1. The largest absolute Gasteiger partial charge is 0.456 e. The first-order valence-electron chi connectivity index (χ1n) is 10.8. The first-order valence-corrected chi connectivity index (χ1v) is 10.8. The second-order valence-corrected chi connectivity index (χ2v) is 8.21. The number of ether oxygens (including phenoxy) is 3. The summed E-state index contributed by atoms with van der Waals surface area (Å²) in [5.74, 6) is 0.590. The average Bonchev–Trinajstić information content (AvgIpc) is 3.12. The van der Waals surface area contributed by atoms with Gasteiger partial charge in [-0.3, -0.25) is 0 Å². The second kappa shape index (κ2) is 7.25. The number of anilines is 2. The Kier molecular flexibility index (Phi) is 4.31. The van der Waals surface area contributed by atoms with Gasteiger partial charge in [0, 0.05) is 53.3 Å². The number of carbonyl (C=O) groups excluding carboxylic acids is 2. The number of nitrogens with one attached hydrogen (secondary N) is 1. The summed E-state index contributed by atoms with van der Waals surface area (Å²) in [5.41, 5.74) is 8.62. The molecule has 3 aliphatic heterocycles. The smallest absolute Gasteiger partial charge is 0.340 e. The Balaban J connectivity index is 1.46. The zero-order valence-electron chi connectivity index (χ0n) is 17.7. The lowest BCUT2D eigenvalue weighted by molar-refractivity contribution is 0.0224. The lowest BCUT2D eigenvalue weighted by Crippen LogP contribution is -2.43. The number of urea groups is 1. The first-order chi connectivity index (χ1) is 16.1. The number of morpholine rings is 1. The molecule has 1 atom stereocenters. The van der Waals surface area contributed by atoms with Crippen molar-refractivity contribution >= 4 is 23.4 Å². The maximum atomic E-state index is 12.9. The second-order valence-electron chi connectivity index (χ2n) is 8.21. The Morgan fingerprint density at radius 1 is 0.939 bits per heavy atom. The third-order valence-corrected chi connectivity index (χ3v) is 6.29. The normalized spacial score (nSPS) is 20.4. The summed E-state index contributed by atoms with van der Waals surface area (Å²) in [6.45, 7) is 2.12. The van der Waals surface area contributed by atoms with Crippen LogP contribution in [0.25, 0.3) is 0 Å². The molecule has 0 aromatic heterocycles. The van der Waals surface area contributed by atoms with Crippen molar-refractivity contribution in [2.24, 2.45) is 0 Å². The van der Waals surface area contributed by atoms with Crippen LogP contribution < -0.4 is 15.8 Å². The fourth-order valence-corrected chi connectivity index (χ4v) is 4.74. The fourth-order valence-electron chi connectivity index (χ4n) is 4.74. The summed E-state index contributed by atoms with van der Waals surface area (Å²) in [5, 5.41) is 2.92. The molecule has 33 heavy (non-hydrogen) atoms. The summed E-state index contributed by atoms with van der Waals surface area (Å²) in [4.78, 5) is 27.2. The zero-order chi connectivity index (χ0) is 22.6. The summed E-state index contributed by atoms with van der Waals surface area (Å²) >= 11 is 0. The third kappa shape index (κ3) is 2.95. The van der Waals surface area contributed by atoms with Crippen LogP contribution in [0.15, 0.2) is 60.7 Å². The van der Waals surface area contributed by atoms with Gasteiger partial charge in [0.2, 0.25) is 0 Å². The van der Waals surface area contributed by atoms with Crippen LogP contribution in [0.5, 0.6) is 11.5 Å². The minimum Gasteiger partial charge on any atom is -0.456 e. The topological polar surface area (TPSA) is 103 Å². The van der Waals surface area contributed by atoms with Crippen molar-refractivity contribution < 1.29 is 23.8 Å². The van der Waals surface area contributed by atoms with Crippen molar-refractivity contribution in [3.8, 4) is 11.5 Å². The third-order valence-electron chi connectivity index (χ3n) is 6.29. The van der Waals surface area contributed by atoms with E-state index in [1.165, 1.54) is 0 Å². The molecule has 2 amide bonds. The molecule has 3 aromatic carbocycles. The minimum absolute atomic E-state index is 0.203. The van der Waals surface area contributed by atoms with E-state index in [1.54, 1.807) is 35.2 Å². The number of hydrogen-bond acceptors (Lipinski definition) is 6. The predicted octanol–water partition coefficient (Wildman–Crippen LogP) is 3.70. The SMILES string of the molecule is Nc1ccc2c(c1)Oc1cc(NC(=O)N3CCOCC3)ccc1C21OC(=O)c2ccccc21. The van der Waals surface area contributed by atoms with Crippen LogP contribution in [0.2, 0.25) is 0 Å². The van der Waals surface area contributed by atoms with Crippen LogP contribution in [0, 0.1) is 0 Å². The number of nitrogens with two attached hydrogens (primary N) is 1. The van der Waals surface area contributed by atoms with Crippen LogP contribution in [0.4, 0.5) is 16.2 Å². The van der Waals surface area contributed by atoms with Crippen molar-refractivity contribution in [1.29, 1.82) is 0 Å². The highest BCUT2D eigenvalue weighted by atomic mass is 16.6. The number of nitrogen functional groups attached to an aromatic ring is 1. The summed E-state index contributed by atoms with van der Waals surface area (Å²) in [6, 6.07) is 17.8. The lowest BCUT2D eigenvalue weighted by atomic mass is 9.77. The van der Waals surface area contributed by atoms with Gasteiger partial charge in [0.05, 0.1) is 18.8 Å². The number of rotatable bonds is 1. The molecule has 166 valence electrons. The highest BCUT2D eigenvalue weighted by molar-refractivity contribution is 5.97. The van der Waals surface area contributed by atoms with Gasteiger partial charge in [-0.1, -0.05) is 18.2 Å². The number of esters is 1. The van der Waals surface area contributed by atoms with Gasteiger partial charge in [0.1, 0.15) is 11.5 Å². The highest BCUT2D eigenvalue weighted by Crippen LogP contribution is 2.56. The van der Waals surface area contributed by atoms with Crippen LogP contribution >= 0.6 is 0 Å². The first kappa shape index (κ1) is 19.6. The van der Waals surface area contributed by atoms with Crippen molar-refractivity contribution in [3.05, 3.63) is 82.9 Å². The molecule has 8 nitrogen and oxygen atoms in total. The van der Waals surface area contributed by atoms with Gasteiger partial charge in [-0.25, -0.2) is 9.59 Å². The Bertz CT molecular complexity index is 1300. The molecule has 1 unspecified atom stereocenters. The van der Waals surface area contributed by atoms with E-state index in [9.17, 15) is 9.59 Å². The summed E-state index contributed by atoms with van der Waals surface area (Å²) < 4.78 is 17.6. The zero-order valence-corrected chi connectivity index (χ0v) is 17.7. The van der Waals surface area contributed by atoms with Crippen molar-refractivity contribution in [2.75, 3.05) is 37.4 Å². The van der Waals surface area contributed by atoms with Crippen LogP contribution in [-0.2, 0) is 15.1 Å². The Hall–Kier alpha value is -4.04. The van der Waals surface area contributed by atoms with E-state index in [0.717, 1.165) is 5.56 Å². The molecule has 3 aromatic rings. The average molecular weight is 443 g/mol. The Labute approximate surface area is 189 Å². The van der Waals surface area contributed by atoms with E-state index in [1.807, 2.05) is 30.3 Å². The van der Waals surface area contributed by atoms with E-state index >= 15 is 0 Å². The van der Waals surface area contributed by atoms with Gasteiger partial charge >= 0.3 is 12.0 Å². The van der Waals surface area contributed by atoms with Crippen LogP contribution in [0.1, 0.15) is 27.0 Å². The van der Waals surface area contributed by atoms with Crippen molar-refractivity contribution in [3.63, 3.8) is 0 Å². The van der Waals surface area contributed by atoms with E-state index in [0.29, 0.717) is 65.9 Å². The number of amides is 2. The van der Waals surface area contributed by atoms with E-state index < -0.39 is 11.6 Å². The number of benzene rings is 3. The van der Waals surface area contributed by atoms with Gasteiger partial charge in [0.15, 0.2) is 5.60 Å². The monoisotopic (exact) mass is 443 g/mol. The molecule has 0 aliphatic carbocycles. The highest BCUT2D eigenvalue weighted by Gasteiger charge is 2.53. The molecule has 1 saturated heterocycles. The molecular formula is C25H21N3O5. The number of fused-ring (bicyclic) bond motifs is 6. The van der Waals surface area contributed by atoms with Gasteiger partial charge in [-0.2, -0.15) is 0 Å². The molecule has 1 fully saturated rings. The van der Waals surface area contributed by atoms with E-state index in [4.69, 9.17) is 19.9 Å². The summed E-state index contributed by atoms with van der Waals surface area (Å²) in [6.07, 6.45) is 0. The molecular weight excluding hydrogens is 422 g/mol. The van der Waals surface area contributed by atoms with Gasteiger partial charge in [-0.15, -0.1) is 0 Å². The fraction of sp³-hybridized carbons (Fsp3) is 0.200. The minimum atomic E-state index is -1.16. The quantitative estimate of drug-likeness (QED) is 0.439. The Morgan fingerprint density at radius 2 is 1.67 bits per heavy atom. The lowest BCUT2D eigenvalue weighted by Gasteiger charge is -2.36. The molecule has 3 N–H and O–H groups in total. The summed E-state index contributed by atoms with van der Waals surface area (Å²) in [7, 11) is 0. The molecule has 0 radical (unpaired) electrons. The van der Waals surface area contributed by atoms with Crippen molar-refractivity contribution in [2.45, 2.75) is 5.60 Å². The van der Waals surface area contributed by atoms with Gasteiger partial charge < -0.3 is 30.2 Å². The molecule has 3 heterocycles. The molecule has 1 spiro atoms. The van der Waals surface area contributed by atoms with Gasteiger partial charge in [0.25, 0.3) is 0 Å². The van der Waals surface area contributed by atoms with E-state index in [2.05, 4.69) is 5.32 Å². The molecule has 6 rings (SSSR count). The molecule has 8 heteroatoms.